The fourth-order valence-corrected chi connectivity index (χ4v) is 7.06. The van der Waals surface area contributed by atoms with Gasteiger partial charge in [-0.3, -0.25) is 14.4 Å². The minimum atomic E-state index is -1.04. The number of anilines is 1. The highest BCUT2D eigenvalue weighted by Crippen LogP contribution is 2.60. The van der Waals surface area contributed by atoms with Crippen molar-refractivity contribution in [2.45, 2.75) is 81.0 Å². The molecule has 3 amide bonds. The van der Waals surface area contributed by atoms with Crippen molar-refractivity contribution in [2.24, 2.45) is 11.8 Å². The van der Waals surface area contributed by atoms with Gasteiger partial charge >= 0.3 is 0 Å². The second kappa shape index (κ2) is 11.0. The van der Waals surface area contributed by atoms with Crippen LogP contribution in [0.15, 0.2) is 30.3 Å². The summed E-state index contributed by atoms with van der Waals surface area (Å²) in [5.41, 5.74) is -0.379. The van der Waals surface area contributed by atoms with Crippen LogP contribution >= 0.6 is 15.9 Å². The molecule has 3 saturated heterocycles. The Hall–Kier alpha value is -1.97. The van der Waals surface area contributed by atoms with E-state index in [9.17, 15) is 14.4 Å². The summed E-state index contributed by atoms with van der Waals surface area (Å²) in [5, 5.41) is 15.2. The van der Waals surface area contributed by atoms with Gasteiger partial charge in [0.2, 0.25) is 17.7 Å². The summed E-state index contributed by atoms with van der Waals surface area (Å²) in [4.78, 5) is 42.5. The number of carbonyl (C=O) groups is 3. The van der Waals surface area contributed by atoms with Crippen molar-refractivity contribution in [1.29, 1.82) is 0 Å². The molecule has 3 aliphatic heterocycles. The SMILES string of the molecule is CCCC(C)NC(=O)C1N(CCCCCO)C(=O)[C@@H]2[C@@H](C(=O)Nc3ccccc3)[C@@H]3OC12CC3Br. The molecule has 8 nitrogen and oxygen atoms in total. The van der Waals surface area contributed by atoms with E-state index in [4.69, 9.17) is 9.84 Å². The fraction of sp³-hybridized carbons (Fsp3) is 0.654. The number of amides is 3. The number of fused-ring (bicyclic) bond motifs is 1. The van der Waals surface area contributed by atoms with Crippen molar-refractivity contribution in [1.82, 2.24) is 10.2 Å². The Labute approximate surface area is 215 Å². The zero-order valence-electron chi connectivity index (χ0n) is 20.4. The van der Waals surface area contributed by atoms with Crippen molar-refractivity contribution >= 4 is 39.3 Å². The number of nitrogens with zero attached hydrogens (tertiary/aromatic N) is 1. The van der Waals surface area contributed by atoms with Crippen LogP contribution in [0.25, 0.3) is 0 Å². The third-order valence-corrected chi connectivity index (χ3v) is 8.39. The van der Waals surface area contributed by atoms with E-state index in [1.54, 1.807) is 4.90 Å². The molecule has 2 bridgehead atoms. The molecule has 1 aromatic rings. The van der Waals surface area contributed by atoms with Gasteiger partial charge in [-0.25, -0.2) is 0 Å². The van der Waals surface area contributed by atoms with Gasteiger partial charge in [-0.15, -0.1) is 0 Å². The molecule has 192 valence electrons. The van der Waals surface area contributed by atoms with E-state index in [-0.39, 0.29) is 35.2 Å². The number of nitrogens with one attached hydrogen (secondary N) is 2. The lowest BCUT2D eigenvalue weighted by molar-refractivity contribution is -0.141. The lowest BCUT2D eigenvalue weighted by atomic mass is 9.70. The van der Waals surface area contributed by atoms with E-state index in [2.05, 4.69) is 33.5 Å². The number of aliphatic hydroxyl groups is 1. The molecule has 3 fully saturated rings. The first kappa shape index (κ1) is 26.1. The molecule has 0 aromatic heterocycles. The Kier molecular flexibility index (Phi) is 8.18. The van der Waals surface area contributed by atoms with E-state index in [0.29, 0.717) is 31.5 Å². The predicted octanol–water partition coefficient (Wildman–Crippen LogP) is 2.84. The summed E-state index contributed by atoms with van der Waals surface area (Å²) in [6.45, 7) is 4.52. The number of ether oxygens (including phenoxy) is 1. The smallest absolute Gasteiger partial charge is 0.246 e. The van der Waals surface area contributed by atoms with Crippen LogP contribution < -0.4 is 10.6 Å². The van der Waals surface area contributed by atoms with Gasteiger partial charge in [0.1, 0.15) is 11.6 Å². The van der Waals surface area contributed by atoms with Crippen molar-refractivity contribution < 1.29 is 24.2 Å². The van der Waals surface area contributed by atoms with Crippen molar-refractivity contribution in [3.05, 3.63) is 30.3 Å². The number of rotatable bonds is 11. The number of likely N-dealkylation sites (tertiary alicyclic amines) is 1. The van der Waals surface area contributed by atoms with E-state index < -0.39 is 29.6 Å². The second-order valence-corrected chi connectivity index (χ2v) is 11.2. The number of carbonyl (C=O) groups excluding carboxylic acids is 3. The molecule has 1 spiro atoms. The number of hydrogen-bond acceptors (Lipinski definition) is 5. The molecule has 0 saturated carbocycles. The van der Waals surface area contributed by atoms with Crippen molar-refractivity contribution in [2.75, 3.05) is 18.5 Å². The average molecular weight is 550 g/mol. The van der Waals surface area contributed by atoms with Gasteiger partial charge < -0.3 is 25.4 Å². The first-order chi connectivity index (χ1) is 16.8. The zero-order valence-corrected chi connectivity index (χ0v) is 22.0. The van der Waals surface area contributed by atoms with Crippen LogP contribution in [0.2, 0.25) is 0 Å². The number of alkyl halides is 1. The molecule has 4 rings (SSSR count). The Bertz CT molecular complexity index is 931. The molecule has 4 unspecified atom stereocenters. The minimum absolute atomic E-state index is 0.0233. The highest BCUT2D eigenvalue weighted by Gasteiger charge is 2.76. The molecular weight excluding hydrogens is 514 g/mol. The highest BCUT2D eigenvalue weighted by molar-refractivity contribution is 9.09. The minimum Gasteiger partial charge on any atom is -0.396 e. The average Bonchev–Trinajstić information content (AvgIpc) is 3.41. The van der Waals surface area contributed by atoms with Crippen LogP contribution in [0.1, 0.15) is 52.4 Å². The van der Waals surface area contributed by atoms with E-state index in [0.717, 1.165) is 19.3 Å². The molecule has 3 aliphatic rings. The number of aliphatic hydroxyl groups excluding tert-OH is 1. The summed E-state index contributed by atoms with van der Waals surface area (Å²) in [5.74, 6) is -2.06. The van der Waals surface area contributed by atoms with Crippen LogP contribution in [-0.2, 0) is 19.1 Å². The summed E-state index contributed by atoms with van der Waals surface area (Å²) in [6, 6.07) is 8.36. The summed E-state index contributed by atoms with van der Waals surface area (Å²) in [7, 11) is 0. The molecule has 7 atom stereocenters. The topological polar surface area (TPSA) is 108 Å². The lowest BCUT2D eigenvalue weighted by Gasteiger charge is -2.34. The molecular formula is C26H36BrN3O5. The van der Waals surface area contributed by atoms with Crippen LogP contribution in [0, 0.1) is 11.8 Å². The maximum Gasteiger partial charge on any atom is 0.246 e. The van der Waals surface area contributed by atoms with E-state index >= 15 is 0 Å². The van der Waals surface area contributed by atoms with Gasteiger partial charge in [0.25, 0.3) is 0 Å². The molecule has 35 heavy (non-hydrogen) atoms. The number of unbranched alkanes of at least 4 members (excludes halogenated alkanes) is 2. The first-order valence-corrected chi connectivity index (χ1v) is 13.6. The fourth-order valence-electron chi connectivity index (χ4n) is 6.11. The van der Waals surface area contributed by atoms with E-state index in [1.165, 1.54) is 0 Å². The summed E-state index contributed by atoms with van der Waals surface area (Å²) >= 11 is 3.69. The Morgan fingerprint density at radius 2 is 1.97 bits per heavy atom. The normalized spacial score (nSPS) is 31.9. The first-order valence-electron chi connectivity index (χ1n) is 12.7. The van der Waals surface area contributed by atoms with Crippen molar-refractivity contribution in [3.63, 3.8) is 0 Å². The summed E-state index contributed by atoms with van der Waals surface area (Å²) in [6.07, 6.45) is 3.86. The van der Waals surface area contributed by atoms with Crippen LogP contribution in [0.3, 0.4) is 0 Å². The third-order valence-electron chi connectivity index (χ3n) is 7.55. The van der Waals surface area contributed by atoms with Crippen molar-refractivity contribution in [3.8, 4) is 0 Å². The zero-order chi connectivity index (χ0) is 25.2. The van der Waals surface area contributed by atoms with Crippen LogP contribution in [-0.4, -0.2) is 69.5 Å². The maximum absolute atomic E-state index is 13.9. The standard InChI is InChI=1S/C26H36BrN3O5/c1-3-10-16(2)28-24(33)22-26-15-18(27)21(35-26)19(23(32)29-17-11-6-4-7-12-17)20(26)25(34)30(22)13-8-5-9-14-31/h4,6-7,11-12,16,18-22,31H,3,5,8-10,13-15H2,1-2H3,(H,28,33)(H,29,32)/t16?,18?,19-,20+,21-,22?,26?/m1/s1. The lowest BCUT2D eigenvalue weighted by Crippen LogP contribution is -2.57. The predicted molar refractivity (Wildman–Crippen MR) is 136 cm³/mol. The quantitative estimate of drug-likeness (QED) is 0.290. The molecule has 1 aromatic carbocycles. The van der Waals surface area contributed by atoms with Gasteiger partial charge in [0, 0.05) is 29.7 Å². The monoisotopic (exact) mass is 549 g/mol. The molecule has 3 N–H and O–H groups in total. The van der Waals surface area contributed by atoms with E-state index in [1.807, 2.05) is 37.3 Å². The number of hydrogen-bond donors (Lipinski definition) is 3. The molecule has 0 radical (unpaired) electrons. The van der Waals surface area contributed by atoms with Gasteiger partial charge in [-0.1, -0.05) is 47.5 Å². The molecule has 0 aliphatic carbocycles. The van der Waals surface area contributed by atoms with Crippen LogP contribution in [0.4, 0.5) is 5.69 Å². The largest absolute Gasteiger partial charge is 0.396 e. The van der Waals surface area contributed by atoms with Gasteiger partial charge in [-0.05, 0) is 51.2 Å². The Balaban J connectivity index is 1.63. The van der Waals surface area contributed by atoms with Crippen LogP contribution in [0.5, 0.6) is 0 Å². The molecule has 9 heteroatoms. The van der Waals surface area contributed by atoms with Gasteiger partial charge in [0.05, 0.1) is 17.9 Å². The maximum atomic E-state index is 13.9. The summed E-state index contributed by atoms with van der Waals surface area (Å²) < 4.78 is 6.50. The third kappa shape index (κ3) is 4.87. The second-order valence-electron chi connectivity index (χ2n) is 10.0. The highest BCUT2D eigenvalue weighted by atomic mass is 79.9. The Morgan fingerprint density at radius 3 is 2.66 bits per heavy atom. The number of halogens is 1. The number of benzene rings is 1. The molecule has 3 heterocycles. The van der Waals surface area contributed by atoms with Gasteiger partial charge in [-0.2, -0.15) is 0 Å². The number of para-hydroxylation sites is 1. The Morgan fingerprint density at radius 1 is 1.23 bits per heavy atom. The van der Waals surface area contributed by atoms with Gasteiger partial charge in [0.15, 0.2) is 0 Å².